The van der Waals surface area contributed by atoms with Crippen molar-refractivity contribution in [3.8, 4) is 0 Å². The Morgan fingerprint density at radius 2 is 2.17 bits per heavy atom. The lowest BCUT2D eigenvalue weighted by Gasteiger charge is -2.07. The van der Waals surface area contributed by atoms with Crippen LogP contribution in [0.25, 0.3) is 0 Å². The van der Waals surface area contributed by atoms with Crippen molar-refractivity contribution >= 4 is 0 Å². The molecule has 67 valence electrons. The summed E-state index contributed by atoms with van der Waals surface area (Å²) in [6.07, 6.45) is 4.07. The zero-order valence-corrected chi connectivity index (χ0v) is 8.39. The predicted octanol–water partition coefficient (Wildman–Crippen LogP) is 2.21. The lowest BCUT2D eigenvalue weighted by Crippen LogP contribution is -2.07. The minimum absolute atomic E-state index is 0.654. The summed E-state index contributed by atoms with van der Waals surface area (Å²) >= 11 is 0. The maximum Gasteiger partial charge on any atom is 0.116 e. The molecule has 0 amide bonds. The van der Waals surface area contributed by atoms with E-state index < -0.39 is 0 Å². The summed E-state index contributed by atoms with van der Waals surface area (Å²) < 4.78 is 2.05. The fraction of sp³-hybridized carbons (Fsp3) is 0.700. The van der Waals surface area contributed by atoms with Gasteiger partial charge in [-0.05, 0) is 19.3 Å². The standard InChI is InChI=1S/C10H17N2/c1-5-10-6-11-12(9(10)4)7-8(2)3/h8H,5,7H2,1-4H3. The lowest BCUT2D eigenvalue weighted by atomic mass is 10.2. The molecule has 12 heavy (non-hydrogen) atoms. The second-order valence-electron chi connectivity index (χ2n) is 3.61. The first-order valence-electron chi connectivity index (χ1n) is 4.59. The van der Waals surface area contributed by atoms with Crippen LogP contribution in [0.5, 0.6) is 0 Å². The topological polar surface area (TPSA) is 17.8 Å². The molecular weight excluding hydrogens is 148 g/mol. The summed E-state index contributed by atoms with van der Waals surface area (Å²) in [5, 5.41) is 4.22. The highest BCUT2D eigenvalue weighted by molar-refractivity contribution is 5.14. The molecule has 1 radical (unpaired) electrons. The van der Waals surface area contributed by atoms with E-state index in [1.807, 2.05) is 4.68 Å². The van der Waals surface area contributed by atoms with Crippen molar-refractivity contribution in [3.63, 3.8) is 0 Å². The molecule has 0 atom stereocenters. The van der Waals surface area contributed by atoms with Crippen molar-refractivity contribution in [2.45, 2.75) is 40.7 Å². The summed E-state index contributed by atoms with van der Waals surface area (Å²) in [7, 11) is 0. The highest BCUT2D eigenvalue weighted by Crippen LogP contribution is 2.08. The Labute approximate surface area is 74.6 Å². The van der Waals surface area contributed by atoms with Gasteiger partial charge in [0.2, 0.25) is 0 Å². The molecule has 0 saturated carbocycles. The summed E-state index contributed by atoms with van der Waals surface area (Å²) in [5.74, 6) is 0.654. The van der Waals surface area contributed by atoms with Crippen molar-refractivity contribution < 1.29 is 0 Å². The van der Waals surface area contributed by atoms with Crippen molar-refractivity contribution in [1.29, 1.82) is 0 Å². The maximum atomic E-state index is 4.22. The molecule has 1 aromatic rings. The van der Waals surface area contributed by atoms with Crippen LogP contribution in [0.1, 0.15) is 32.0 Å². The number of hydrogen-bond acceptors (Lipinski definition) is 1. The van der Waals surface area contributed by atoms with Gasteiger partial charge in [0.15, 0.2) is 0 Å². The first-order chi connectivity index (χ1) is 5.65. The van der Waals surface area contributed by atoms with Gasteiger partial charge in [-0.15, -0.1) is 0 Å². The quantitative estimate of drug-likeness (QED) is 0.671. The van der Waals surface area contributed by atoms with Crippen LogP contribution >= 0.6 is 0 Å². The van der Waals surface area contributed by atoms with Gasteiger partial charge in [0.05, 0.1) is 0 Å². The molecule has 0 spiro atoms. The minimum Gasteiger partial charge on any atom is -0.269 e. The van der Waals surface area contributed by atoms with Gasteiger partial charge in [0, 0.05) is 17.8 Å². The van der Waals surface area contributed by atoms with Gasteiger partial charge in [-0.1, -0.05) is 20.8 Å². The number of hydrogen-bond donors (Lipinski definition) is 0. The van der Waals surface area contributed by atoms with E-state index in [2.05, 4.69) is 39.0 Å². The SMILES string of the molecule is CCc1[c]nn(CC(C)C)c1C. The third-order valence-electron chi connectivity index (χ3n) is 2.02. The molecule has 0 aliphatic carbocycles. The molecule has 0 bridgehead atoms. The van der Waals surface area contributed by atoms with Crippen LogP contribution in [-0.2, 0) is 13.0 Å². The van der Waals surface area contributed by atoms with Gasteiger partial charge in [-0.2, -0.15) is 5.10 Å². The molecule has 1 aromatic heterocycles. The highest BCUT2D eigenvalue weighted by Gasteiger charge is 2.05. The van der Waals surface area contributed by atoms with Crippen molar-refractivity contribution in [1.82, 2.24) is 9.78 Å². The molecule has 0 aliphatic heterocycles. The Balaban J connectivity index is 2.80. The zero-order chi connectivity index (χ0) is 9.14. The Kier molecular flexibility index (Phi) is 2.90. The third kappa shape index (κ3) is 1.87. The highest BCUT2D eigenvalue weighted by atomic mass is 15.3. The molecule has 2 nitrogen and oxygen atoms in total. The summed E-state index contributed by atoms with van der Waals surface area (Å²) in [4.78, 5) is 0. The molecule has 2 heteroatoms. The monoisotopic (exact) mass is 165 g/mol. The largest absolute Gasteiger partial charge is 0.269 e. The molecule has 0 fully saturated rings. The van der Waals surface area contributed by atoms with Crippen LogP contribution in [-0.4, -0.2) is 9.78 Å². The van der Waals surface area contributed by atoms with Crippen LogP contribution in [0.15, 0.2) is 0 Å². The van der Waals surface area contributed by atoms with E-state index in [-0.39, 0.29) is 0 Å². The van der Waals surface area contributed by atoms with Gasteiger partial charge in [-0.3, -0.25) is 4.68 Å². The molecule has 0 aliphatic rings. The fourth-order valence-corrected chi connectivity index (χ4v) is 1.29. The van der Waals surface area contributed by atoms with E-state index in [9.17, 15) is 0 Å². The first-order valence-corrected chi connectivity index (χ1v) is 4.59. The van der Waals surface area contributed by atoms with Gasteiger partial charge >= 0.3 is 0 Å². The van der Waals surface area contributed by atoms with E-state index in [4.69, 9.17) is 0 Å². The second kappa shape index (κ2) is 3.74. The average molecular weight is 165 g/mol. The summed E-state index contributed by atoms with van der Waals surface area (Å²) in [5.41, 5.74) is 2.52. The Bertz CT molecular complexity index is 248. The average Bonchev–Trinajstić information content (AvgIpc) is 2.32. The molecule has 0 saturated heterocycles. The van der Waals surface area contributed by atoms with Crippen molar-refractivity contribution in [2.75, 3.05) is 0 Å². The van der Waals surface area contributed by atoms with Gasteiger partial charge in [0.25, 0.3) is 0 Å². The second-order valence-corrected chi connectivity index (χ2v) is 3.61. The third-order valence-corrected chi connectivity index (χ3v) is 2.02. The molecular formula is C10H17N2. The van der Waals surface area contributed by atoms with E-state index >= 15 is 0 Å². The zero-order valence-electron chi connectivity index (χ0n) is 8.39. The number of aromatic nitrogens is 2. The van der Waals surface area contributed by atoms with Gasteiger partial charge in [-0.25, -0.2) is 0 Å². The van der Waals surface area contributed by atoms with E-state index in [0.29, 0.717) is 5.92 Å². The lowest BCUT2D eigenvalue weighted by molar-refractivity contribution is 0.474. The molecule has 0 N–H and O–H groups in total. The molecule has 1 heterocycles. The van der Waals surface area contributed by atoms with Crippen LogP contribution in [0.2, 0.25) is 0 Å². The first kappa shape index (κ1) is 9.30. The van der Waals surface area contributed by atoms with Gasteiger partial charge < -0.3 is 0 Å². The van der Waals surface area contributed by atoms with E-state index in [1.165, 1.54) is 11.3 Å². The number of nitrogens with zero attached hydrogens (tertiary/aromatic N) is 2. The summed E-state index contributed by atoms with van der Waals surface area (Å²) in [6, 6.07) is 0. The predicted molar refractivity (Wildman–Crippen MR) is 50.0 cm³/mol. The van der Waals surface area contributed by atoms with E-state index in [0.717, 1.165) is 13.0 Å². The van der Waals surface area contributed by atoms with E-state index in [1.54, 1.807) is 0 Å². The number of rotatable bonds is 3. The Hall–Kier alpha value is -0.790. The summed E-state index contributed by atoms with van der Waals surface area (Å²) in [6.45, 7) is 9.66. The molecule has 0 aromatic carbocycles. The fourth-order valence-electron chi connectivity index (χ4n) is 1.29. The molecule has 1 rings (SSSR count). The van der Waals surface area contributed by atoms with Crippen LogP contribution in [0.3, 0.4) is 0 Å². The van der Waals surface area contributed by atoms with Crippen molar-refractivity contribution in [2.24, 2.45) is 5.92 Å². The Morgan fingerprint density at radius 3 is 2.58 bits per heavy atom. The molecule has 0 unspecified atom stereocenters. The minimum atomic E-state index is 0.654. The van der Waals surface area contributed by atoms with Gasteiger partial charge in [0.1, 0.15) is 6.20 Å². The Morgan fingerprint density at radius 1 is 1.50 bits per heavy atom. The smallest absolute Gasteiger partial charge is 0.116 e. The maximum absolute atomic E-state index is 4.22. The van der Waals surface area contributed by atoms with Crippen LogP contribution in [0, 0.1) is 19.0 Å². The van der Waals surface area contributed by atoms with Crippen LogP contribution in [0.4, 0.5) is 0 Å². The van der Waals surface area contributed by atoms with Crippen LogP contribution < -0.4 is 0 Å². The van der Waals surface area contributed by atoms with Crippen molar-refractivity contribution in [3.05, 3.63) is 17.5 Å². The number of aryl methyl sites for hydroxylation is 1. The normalized spacial score (nSPS) is 11.1.